The van der Waals surface area contributed by atoms with Gasteiger partial charge in [-0.25, -0.2) is 9.78 Å². The highest BCUT2D eigenvalue weighted by Crippen LogP contribution is 2.41. The van der Waals surface area contributed by atoms with Crippen molar-refractivity contribution < 1.29 is 28.5 Å². The Balaban J connectivity index is 0.881. The predicted molar refractivity (Wildman–Crippen MR) is 247 cm³/mol. The van der Waals surface area contributed by atoms with E-state index in [1.165, 1.54) is 11.8 Å². The van der Waals surface area contributed by atoms with Gasteiger partial charge in [-0.2, -0.15) is 0 Å². The number of anilines is 1. The maximum absolute atomic E-state index is 13.0. The lowest BCUT2D eigenvalue weighted by Gasteiger charge is -2.36. The Morgan fingerprint density at radius 1 is 0.667 bits per heavy atom. The topological polar surface area (TPSA) is 115 Å². The third-order valence-corrected chi connectivity index (χ3v) is 11.7. The van der Waals surface area contributed by atoms with Crippen LogP contribution in [-0.4, -0.2) is 28.0 Å². The van der Waals surface area contributed by atoms with Crippen molar-refractivity contribution in [2.75, 3.05) is 11.1 Å². The molecule has 0 bridgehead atoms. The molecule has 2 amide bonds. The van der Waals surface area contributed by atoms with E-state index in [0.29, 0.717) is 35.4 Å². The molecular weight excluding hydrogens is 807 g/mol. The summed E-state index contributed by atoms with van der Waals surface area (Å²) in [4.78, 5) is 17.9. The van der Waals surface area contributed by atoms with Gasteiger partial charge in [0.2, 0.25) is 0 Å². The molecular formula is C53H45N3O6S. The Kier molecular flexibility index (Phi) is 13.0. The van der Waals surface area contributed by atoms with Crippen LogP contribution in [0.4, 0.5) is 10.5 Å². The van der Waals surface area contributed by atoms with Crippen molar-refractivity contribution in [3.05, 3.63) is 210 Å². The number of para-hydroxylation sites is 1. The van der Waals surface area contributed by atoms with E-state index < -0.39 is 6.29 Å². The van der Waals surface area contributed by atoms with E-state index in [4.69, 9.17) is 23.6 Å². The van der Waals surface area contributed by atoms with E-state index in [1.54, 1.807) is 0 Å². The molecule has 314 valence electrons. The summed E-state index contributed by atoms with van der Waals surface area (Å²) in [7, 11) is 0. The van der Waals surface area contributed by atoms with E-state index >= 15 is 0 Å². The van der Waals surface area contributed by atoms with Crippen LogP contribution in [0.25, 0.3) is 33.7 Å². The highest BCUT2D eigenvalue weighted by atomic mass is 32.2. The maximum atomic E-state index is 13.0. The summed E-state index contributed by atoms with van der Waals surface area (Å²) in [5.74, 6) is 2.75. The Morgan fingerprint density at radius 3 is 2.02 bits per heavy atom. The van der Waals surface area contributed by atoms with Gasteiger partial charge in [-0.3, -0.25) is 0 Å². The number of aliphatic hydroxyl groups is 1. The number of benzene rings is 7. The summed E-state index contributed by atoms with van der Waals surface area (Å²) >= 11 is 1.53. The lowest BCUT2D eigenvalue weighted by atomic mass is 9.98. The largest absolute Gasteiger partial charge is 0.457 e. The molecule has 0 radical (unpaired) electrons. The lowest BCUT2D eigenvalue weighted by molar-refractivity contribution is -0.245. The number of oxazole rings is 1. The monoisotopic (exact) mass is 851 g/mol. The second kappa shape index (κ2) is 19.8. The van der Waals surface area contributed by atoms with Gasteiger partial charge in [-0.1, -0.05) is 163 Å². The zero-order valence-electron chi connectivity index (χ0n) is 34.3. The van der Waals surface area contributed by atoms with Gasteiger partial charge < -0.3 is 34.4 Å². The lowest BCUT2D eigenvalue weighted by Crippen LogP contribution is -2.31. The number of thioether (sulfide) groups is 1. The SMILES string of the molecule is O=C(NCc1ccccc1-c1ccc(C2OC(CSc3nc(-c4ccccc4)c(-c4ccccc4)o3)CC(c3ccc(CO)cc3)O2)cc1)Nc1ccc(Oc2ccccc2)cc1. The molecule has 3 unspecified atom stereocenters. The summed E-state index contributed by atoms with van der Waals surface area (Å²) in [5.41, 5.74) is 9.12. The molecule has 9 nitrogen and oxygen atoms in total. The molecule has 1 aliphatic heterocycles. The van der Waals surface area contributed by atoms with E-state index in [-0.39, 0.29) is 24.8 Å². The van der Waals surface area contributed by atoms with Crippen LogP contribution in [0.3, 0.4) is 0 Å². The summed E-state index contributed by atoms with van der Waals surface area (Å²) < 4.78 is 25.7. The molecule has 7 aromatic carbocycles. The number of carbonyl (C=O) groups excluding carboxylic acids is 1. The number of nitrogens with zero attached hydrogens (tertiary/aromatic N) is 1. The molecule has 1 aromatic heterocycles. The second-order valence-electron chi connectivity index (χ2n) is 15.1. The van der Waals surface area contributed by atoms with Gasteiger partial charge in [0, 0.05) is 41.1 Å². The van der Waals surface area contributed by atoms with Crippen LogP contribution in [0.15, 0.2) is 198 Å². The summed E-state index contributed by atoms with van der Waals surface area (Å²) in [6.07, 6.45) is -0.448. The second-order valence-corrected chi connectivity index (χ2v) is 16.0. The predicted octanol–water partition coefficient (Wildman–Crippen LogP) is 12.6. The molecule has 9 rings (SSSR count). The van der Waals surface area contributed by atoms with E-state index in [2.05, 4.69) is 28.8 Å². The minimum atomic E-state index is -0.634. The number of aliphatic hydroxyl groups excluding tert-OH is 1. The minimum Gasteiger partial charge on any atom is -0.457 e. The third kappa shape index (κ3) is 10.4. The highest BCUT2D eigenvalue weighted by molar-refractivity contribution is 7.99. The zero-order chi connectivity index (χ0) is 42.8. The van der Waals surface area contributed by atoms with Gasteiger partial charge in [0.05, 0.1) is 18.8 Å². The Morgan fingerprint density at radius 2 is 1.30 bits per heavy atom. The molecule has 0 saturated carbocycles. The van der Waals surface area contributed by atoms with Gasteiger partial charge in [0.25, 0.3) is 5.22 Å². The third-order valence-electron chi connectivity index (χ3n) is 10.7. The average Bonchev–Trinajstić information content (AvgIpc) is 3.79. The Hall–Kier alpha value is -6.95. The fraction of sp³-hybridized carbons (Fsp3) is 0.132. The van der Waals surface area contributed by atoms with Gasteiger partial charge in [0.1, 0.15) is 17.2 Å². The Labute approximate surface area is 370 Å². The first-order chi connectivity index (χ1) is 31.0. The quantitative estimate of drug-likeness (QED) is 0.0927. The highest BCUT2D eigenvalue weighted by Gasteiger charge is 2.33. The number of rotatable bonds is 14. The van der Waals surface area contributed by atoms with Gasteiger partial charge >= 0.3 is 6.03 Å². The number of hydrogen-bond acceptors (Lipinski definition) is 8. The molecule has 1 fully saturated rings. The average molecular weight is 852 g/mol. The normalized spacial score (nSPS) is 16.0. The smallest absolute Gasteiger partial charge is 0.319 e. The molecule has 1 aliphatic rings. The molecule has 3 N–H and O–H groups in total. The van der Waals surface area contributed by atoms with Crippen molar-refractivity contribution in [2.24, 2.45) is 0 Å². The minimum absolute atomic E-state index is 0.0257. The Bertz CT molecular complexity index is 2660. The van der Waals surface area contributed by atoms with Crippen LogP contribution in [0.2, 0.25) is 0 Å². The molecule has 1 saturated heterocycles. The van der Waals surface area contributed by atoms with E-state index in [1.807, 2.05) is 170 Å². The number of nitrogens with one attached hydrogen (secondary N) is 2. The molecule has 63 heavy (non-hydrogen) atoms. The first kappa shape index (κ1) is 41.4. The summed E-state index contributed by atoms with van der Waals surface area (Å²) in [5, 5.41) is 16.2. The van der Waals surface area contributed by atoms with Crippen LogP contribution in [-0.2, 0) is 22.6 Å². The number of aromatic nitrogens is 1. The number of carbonyl (C=O) groups is 1. The van der Waals surface area contributed by atoms with Crippen molar-refractivity contribution in [1.82, 2.24) is 10.3 Å². The number of amides is 2. The van der Waals surface area contributed by atoms with Crippen molar-refractivity contribution in [3.63, 3.8) is 0 Å². The van der Waals surface area contributed by atoms with E-state index in [9.17, 15) is 9.90 Å². The van der Waals surface area contributed by atoms with E-state index in [0.717, 1.165) is 61.7 Å². The van der Waals surface area contributed by atoms with Crippen molar-refractivity contribution in [3.8, 4) is 45.2 Å². The van der Waals surface area contributed by atoms with Crippen molar-refractivity contribution >= 4 is 23.5 Å². The van der Waals surface area contributed by atoms with Crippen molar-refractivity contribution in [2.45, 2.75) is 43.3 Å². The van der Waals surface area contributed by atoms with Crippen LogP contribution < -0.4 is 15.4 Å². The standard InChI is InChI=1S/C53H45N3O6S/c57-34-36-20-22-38(23-21-36)48-32-46(35-63-53-56-49(39-12-4-1-5-13-39)50(62-53)40-14-6-2-7-15-40)60-51(61-48)41-26-24-37(25-27-41)47-19-11-10-16-42(47)33-54-52(58)55-43-28-30-45(31-29-43)59-44-17-8-3-9-18-44/h1-31,46,48,51,57H,32-35H2,(H2,54,55,58). The summed E-state index contributed by atoms with van der Waals surface area (Å²) in [6, 6.07) is 60.8. The number of ether oxygens (including phenoxy) is 3. The van der Waals surface area contributed by atoms with Crippen LogP contribution in [0, 0.1) is 0 Å². The molecule has 0 aliphatic carbocycles. The van der Waals surface area contributed by atoms with Crippen LogP contribution in [0.5, 0.6) is 11.5 Å². The van der Waals surface area contributed by atoms with Gasteiger partial charge in [-0.05, 0) is 64.2 Å². The summed E-state index contributed by atoms with van der Waals surface area (Å²) in [6.45, 7) is 0.302. The van der Waals surface area contributed by atoms with Crippen LogP contribution in [0.1, 0.15) is 41.1 Å². The molecule has 10 heteroatoms. The first-order valence-corrected chi connectivity index (χ1v) is 21.8. The molecule has 0 spiro atoms. The number of urea groups is 1. The fourth-order valence-electron chi connectivity index (χ4n) is 7.48. The van der Waals surface area contributed by atoms with Crippen LogP contribution >= 0.6 is 11.8 Å². The molecule has 2 heterocycles. The van der Waals surface area contributed by atoms with Crippen molar-refractivity contribution in [1.29, 1.82) is 0 Å². The first-order valence-electron chi connectivity index (χ1n) is 20.9. The molecule has 3 atom stereocenters. The maximum Gasteiger partial charge on any atom is 0.319 e. The van der Waals surface area contributed by atoms with Gasteiger partial charge in [-0.15, -0.1) is 0 Å². The van der Waals surface area contributed by atoms with Gasteiger partial charge in [0.15, 0.2) is 12.1 Å². The molecule has 8 aromatic rings. The fourth-order valence-corrected chi connectivity index (χ4v) is 8.32. The number of hydrogen-bond donors (Lipinski definition) is 3. The zero-order valence-corrected chi connectivity index (χ0v) is 35.1.